The second-order valence-corrected chi connectivity index (χ2v) is 4.48. The second kappa shape index (κ2) is 5.22. The number of rotatable bonds is 3. The van der Waals surface area contributed by atoms with Crippen LogP contribution in [-0.4, -0.2) is 26.7 Å². The van der Waals surface area contributed by atoms with Crippen molar-refractivity contribution in [2.75, 3.05) is 12.4 Å². The Morgan fingerprint density at radius 3 is 3.00 bits per heavy atom. The highest BCUT2D eigenvalue weighted by Crippen LogP contribution is 2.22. The van der Waals surface area contributed by atoms with E-state index in [1.165, 1.54) is 7.11 Å². The van der Waals surface area contributed by atoms with Crippen molar-refractivity contribution in [3.05, 3.63) is 42.1 Å². The first-order chi connectivity index (χ1) is 9.79. The standard InChI is InChI=1S/C13H10N4O2S/c1-19-13-10(6-3-7-14-13)15-12(18)8-4-2-5-9-11(8)17-20-16-9/h2-7H,1H3,(H,15,18). The van der Waals surface area contributed by atoms with Gasteiger partial charge >= 0.3 is 0 Å². The number of fused-ring (bicyclic) bond motifs is 1. The van der Waals surface area contributed by atoms with Crippen molar-refractivity contribution in [2.24, 2.45) is 0 Å². The number of anilines is 1. The van der Waals surface area contributed by atoms with Gasteiger partial charge in [-0.15, -0.1) is 0 Å². The zero-order valence-electron chi connectivity index (χ0n) is 10.5. The molecule has 0 aliphatic heterocycles. The summed E-state index contributed by atoms with van der Waals surface area (Å²) in [7, 11) is 1.50. The first-order valence-corrected chi connectivity index (χ1v) is 6.54. The largest absolute Gasteiger partial charge is 0.480 e. The molecular formula is C13H10N4O2S. The number of amides is 1. The van der Waals surface area contributed by atoms with Gasteiger partial charge < -0.3 is 10.1 Å². The van der Waals surface area contributed by atoms with Crippen molar-refractivity contribution in [1.29, 1.82) is 0 Å². The first-order valence-electron chi connectivity index (χ1n) is 5.81. The smallest absolute Gasteiger partial charge is 0.258 e. The summed E-state index contributed by atoms with van der Waals surface area (Å²) in [5, 5.41) is 2.77. The first kappa shape index (κ1) is 12.5. The maximum Gasteiger partial charge on any atom is 0.258 e. The van der Waals surface area contributed by atoms with Crippen molar-refractivity contribution in [3.63, 3.8) is 0 Å². The molecule has 0 fully saturated rings. The number of nitrogens with one attached hydrogen (secondary N) is 1. The number of carbonyl (C=O) groups excluding carboxylic acids is 1. The summed E-state index contributed by atoms with van der Waals surface area (Å²) < 4.78 is 13.4. The molecule has 100 valence electrons. The maximum atomic E-state index is 12.3. The number of pyridine rings is 1. The number of ether oxygens (including phenoxy) is 1. The van der Waals surface area contributed by atoms with Gasteiger partial charge in [-0.25, -0.2) is 4.98 Å². The Labute approximate surface area is 118 Å². The summed E-state index contributed by atoms with van der Waals surface area (Å²) in [6.45, 7) is 0. The van der Waals surface area contributed by atoms with Gasteiger partial charge in [0, 0.05) is 6.20 Å². The third-order valence-electron chi connectivity index (χ3n) is 2.74. The van der Waals surface area contributed by atoms with Crippen LogP contribution in [0.25, 0.3) is 11.0 Å². The molecule has 3 aromatic rings. The number of benzene rings is 1. The Morgan fingerprint density at radius 1 is 1.25 bits per heavy atom. The van der Waals surface area contributed by atoms with Crippen LogP contribution >= 0.6 is 11.7 Å². The SMILES string of the molecule is COc1ncccc1NC(=O)c1cccc2nsnc12. The predicted octanol–water partition coefficient (Wildman–Crippen LogP) is 2.35. The van der Waals surface area contributed by atoms with Crippen molar-refractivity contribution < 1.29 is 9.53 Å². The summed E-state index contributed by atoms with van der Waals surface area (Å²) in [6.07, 6.45) is 1.60. The Balaban J connectivity index is 1.95. The number of carbonyl (C=O) groups is 1. The van der Waals surface area contributed by atoms with Crippen molar-refractivity contribution in [3.8, 4) is 5.88 Å². The molecule has 0 spiro atoms. The Bertz CT molecular complexity index is 772. The molecule has 2 aromatic heterocycles. The molecule has 3 rings (SSSR count). The van der Waals surface area contributed by atoms with Crippen molar-refractivity contribution in [2.45, 2.75) is 0 Å². The topological polar surface area (TPSA) is 77.0 Å². The molecule has 7 heteroatoms. The molecule has 2 heterocycles. The highest BCUT2D eigenvalue weighted by molar-refractivity contribution is 7.00. The highest BCUT2D eigenvalue weighted by Gasteiger charge is 2.14. The maximum absolute atomic E-state index is 12.3. The van der Waals surface area contributed by atoms with E-state index in [0.29, 0.717) is 28.2 Å². The average molecular weight is 286 g/mol. The zero-order valence-corrected chi connectivity index (χ0v) is 11.3. The Hall–Kier alpha value is -2.54. The van der Waals surface area contributed by atoms with Gasteiger partial charge in [-0.1, -0.05) is 6.07 Å². The van der Waals surface area contributed by atoms with Gasteiger partial charge in [0.05, 0.1) is 24.4 Å². The van der Waals surface area contributed by atoms with Crippen LogP contribution in [0, 0.1) is 0 Å². The molecule has 1 aromatic carbocycles. The van der Waals surface area contributed by atoms with E-state index in [1.807, 2.05) is 6.07 Å². The van der Waals surface area contributed by atoms with Crippen LogP contribution in [0.1, 0.15) is 10.4 Å². The van der Waals surface area contributed by atoms with Gasteiger partial charge in [0.1, 0.15) is 16.7 Å². The predicted molar refractivity (Wildman–Crippen MR) is 76.2 cm³/mol. The fraction of sp³-hybridized carbons (Fsp3) is 0.0769. The molecule has 0 saturated carbocycles. The van der Waals surface area contributed by atoms with Gasteiger partial charge in [-0.2, -0.15) is 8.75 Å². The molecule has 6 nitrogen and oxygen atoms in total. The summed E-state index contributed by atoms with van der Waals surface area (Å²) in [6, 6.07) is 8.76. The van der Waals surface area contributed by atoms with Crippen LogP contribution < -0.4 is 10.1 Å². The average Bonchev–Trinajstić information content (AvgIpc) is 2.96. The van der Waals surface area contributed by atoms with Gasteiger partial charge in [0.2, 0.25) is 5.88 Å². The van der Waals surface area contributed by atoms with E-state index in [2.05, 4.69) is 19.0 Å². The highest BCUT2D eigenvalue weighted by atomic mass is 32.1. The molecule has 20 heavy (non-hydrogen) atoms. The normalized spacial score (nSPS) is 10.4. The van der Waals surface area contributed by atoms with Crippen LogP contribution in [0.15, 0.2) is 36.5 Å². The fourth-order valence-electron chi connectivity index (χ4n) is 1.83. The minimum Gasteiger partial charge on any atom is -0.480 e. The summed E-state index contributed by atoms with van der Waals surface area (Å²) in [5.41, 5.74) is 2.29. The van der Waals surface area contributed by atoms with Gasteiger partial charge in [-0.05, 0) is 24.3 Å². The molecule has 0 aliphatic rings. The Kier molecular flexibility index (Phi) is 3.26. The number of nitrogens with zero attached hydrogens (tertiary/aromatic N) is 3. The lowest BCUT2D eigenvalue weighted by atomic mass is 10.1. The van der Waals surface area contributed by atoms with E-state index >= 15 is 0 Å². The zero-order chi connectivity index (χ0) is 13.9. The molecule has 0 radical (unpaired) electrons. The lowest BCUT2D eigenvalue weighted by molar-refractivity contribution is 0.102. The summed E-state index contributed by atoms with van der Waals surface area (Å²) in [4.78, 5) is 16.4. The third kappa shape index (κ3) is 2.19. The number of aromatic nitrogens is 3. The van der Waals surface area contributed by atoms with E-state index in [0.717, 1.165) is 11.7 Å². The second-order valence-electron chi connectivity index (χ2n) is 3.95. The van der Waals surface area contributed by atoms with Gasteiger partial charge in [0.15, 0.2) is 0 Å². The third-order valence-corrected chi connectivity index (χ3v) is 3.29. The Morgan fingerprint density at radius 2 is 2.15 bits per heavy atom. The lowest BCUT2D eigenvalue weighted by Crippen LogP contribution is -2.13. The van der Waals surface area contributed by atoms with E-state index in [1.54, 1.807) is 30.5 Å². The summed E-state index contributed by atoms with van der Waals surface area (Å²) >= 11 is 1.08. The van der Waals surface area contributed by atoms with Crippen molar-refractivity contribution in [1.82, 2.24) is 13.7 Å². The van der Waals surface area contributed by atoms with Gasteiger partial charge in [-0.3, -0.25) is 4.79 Å². The quantitative estimate of drug-likeness (QED) is 0.799. The van der Waals surface area contributed by atoms with Gasteiger partial charge in [0.25, 0.3) is 5.91 Å². The van der Waals surface area contributed by atoms with Crippen LogP contribution in [0.2, 0.25) is 0 Å². The molecule has 1 N–H and O–H groups in total. The molecule has 0 atom stereocenters. The van der Waals surface area contributed by atoms with Crippen LogP contribution in [-0.2, 0) is 0 Å². The van der Waals surface area contributed by atoms with Crippen LogP contribution in [0.3, 0.4) is 0 Å². The van der Waals surface area contributed by atoms with Crippen molar-refractivity contribution >= 4 is 34.4 Å². The number of methoxy groups -OCH3 is 1. The van der Waals surface area contributed by atoms with E-state index < -0.39 is 0 Å². The summed E-state index contributed by atoms with van der Waals surface area (Å²) in [5.74, 6) is 0.0963. The molecule has 0 bridgehead atoms. The fourth-order valence-corrected chi connectivity index (χ4v) is 2.38. The molecule has 0 saturated heterocycles. The molecule has 1 amide bonds. The minimum atomic E-state index is -0.269. The van der Waals surface area contributed by atoms with E-state index in [-0.39, 0.29) is 5.91 Å². The number of hydrogen-bond acceptors (Lipinski definition) is 6. The molecule has 0 aliphatic carbocycles. The van der Waals surface area contributed by atoms with E-state index in [9.17, 15) is 4.79 Å². The molecular weight excluding hydrogens is 276 g/mol. The number of hydrogen-bond donors (Lipinski definition) is 1. The van der Waals surface area contributed by atoms with E-state index in [4.69, 9.17) is 4.74 Å². The molecule has 0 unspecified atom stereocenters. The monoisotopic (exact) mass is 286 g/mol. The van der Waals surface area contributed by atoms with Crippen LogP contribution in [0.5, 0.6) is 5.88 Å². The minimum absolute atomic E-state index is 0.269. The lowest BCUT2D eigenvalue weighted by Gasteiger charge is -2.08. The van der Waals surface area contributed by atoms with Crippen LogP contribution in [0.4, 0.5) is 5.69 Å².